The first-order valence-electron chi connectivity index (χ1n) is 11.4. The third-order valence-corrected chi connectivity index (χ3v) is 6.31. The maximum atomic E-state index is 12.7. The third-order valence-electron chi connectivity index (χ3n) is 6.06. The molecular weight excluding hydrogens is 462 g/mol. The first kappa shape index (κ1) is 21.4. The molecule has 172 valence electrons. The quantitative estimate of drug-likeness (QED) is 0.291. The van der Waals surface area contributed by atoms with Crippen LogP contribution in [0.1, 0.15) is 24.0 Å². The molecule has 0 aliphatic carbocycles. The summed E-state index contributed by atoms with van der Waals surface area (Å²) in [4.78, 5) is 33.0. The van der Waals surface area contributed by atoms with Gasteiger partial charge in [0.25, 0.3) is 0 Å². The highest BCUT2D eigenvalue weighted by Gasteiger charge is 2.26. The number of rotatable bonds is 4. The molecule has 7 nitrogen and oxygen atoms in total. The Balaban J connectivity index is 1.37. The van der Waals surface area contributed by atoms with E-state index in [0.29, 0.717) is 22.1 Å². The zero-order valence-corrected chi connectivity index (χ0v) is 19.4. The molecule has 4 aromatic rings. The Labute approximate surface area is 206 Å². The van der Waals surface area contributed by atoms with Crippen LogP contribution in [0.5, 0.6) is 0 Å². The van der Waals surface area contributed by atoms with Crippen LogP contribution in [0.25, 0.3) is 28.2 Å². The van der Waals surface area contributed by atoms with Crippen LogP contribution in [-0.4, -0.2) is 39.9 Å². The van der Waals surface area contributed by atoms with Crippen LogP contribution in [0.2, 0.25) is 5.02 Å². The number of benzene rings is 2. The molecule has 1 saturated heterocycles. The van der Waals surface area contributed by atoms with Crippen molar-refractivity contribution in [2.75, 3.05) is 18.0 Å². The first-order valence-corrected chi connectivity index (χ1v) is 11.8. The fourth-order valence-corrected chi connectivity index (χ4v) is 4.42. The van der Waals surface area contributed by atoms with Gasteiger partial charge in [-0.3, -0.25) is 0 Å². The zero-order chi connectivity index (χ0) is 23.8. The second-order valence-electron chi connectivity index (χ2n) is 8.43. The van der Waals surface area contributed by atoms with Gasteiger partial charge in [0, 0.05) is 52.6 Å². The number of pyridine rings is 1. The number of esters is 1. The molecule has 2 aliphatic rings. The summed E-state index contributed by atoms with van der Waals surface area (Å²) in [6.45, 7) is 1.94. The van der Waals surface area contributed by atoms with Crippen LogP contribution < -0.4 is 4.90 Å². The first-order chi connectivity index (χ1) is 17.1. The van der Waals surface area contributed by atoms with E-state index in [1.165, 1.54) is 0 Å². The smallest absolute Gasteiger partial charge is 0.363 e. The Morgan fingerprint density at radius 2 is 1.71 bits per heavy atom. The van der Waals surface area contributed by atoms with Gasteiger partial charge in [-0.1, -0.05) is 41.9 Å². The molecule has 0 unspecified atom stereocenters. The van der Waals surface area contributed by atoms with E-state index in [2.05, 4.69) is 19.9 Å². The third kappa shape index (κ3) is 4.26. The van der Waals surface area contributed by atoms with Crippen molar-refractivity contribution >= 4 is 46.4 Å². The van der Waals surface area contributed by atoms with E-state index in [9.17, 15) is 4.79 Å². The molecule has 0 saturated carbocycles. The van der Waals surface area contributed by atoms with Gasteiger partial charge in [0.05, 0.1) is 11.2 Å². The van der Waals surface area contributed by atoms with Gasteiger partial charge in [-0.25, -0.2) is 24.7 Å². The molecule has 0 amide bonds. The minimum Gasteiger partial charge on any atom is -0.402 e. The van der Waals surface area contributed by atoms with Crippen molar-refractivity contribution in [1.82, 2.24) is 15.0 Å². The van der Waals surface area contributed by atoms with Crippen LogP contribution >= 0.6 is 11.6 Å². The van der Waals surface area contributed by atoms with Gasteiger partial charge in [-0.05, 0) is 43.2 Å². The van der Waals surface area contributed by atoms with Crippen LogP contribution in [0.4, 0.5) is 5.95 Å². The van der Waals surface area contributed by atoms with Crippen LogP contribution in [0.3, 0.4) is 0 Å². The number of aromatic nitrogens is 3. The number of halogens is 1. The summed E-state index contributed by atoms with van der Waals surface area (Å²) in [5, 5.41) is 1.49. The van der Waals surface area contributed by atoms with E-state index < -0.39 is 5.97 Å². The number of fused-ring (bicyclic) bond motifs is 1. The SMILES string of the molecule is O=C1OC(c2cc(-c3ccc(Cl)cc3)nc3ccccc23)=N/C1=C/c1cnc(N2CCCC2)nc1. The summed E-state index contributed by atoms with van der Waals surface area (Å²) in [6, 6.07) is 17.0. The molecule has 0 spiro atoms. The van der Waals surface area contributed by atoms with Crippen molar-refractivity contribution in [3.05, 3.63) is 88.8 Å². The molecule has 2 aromatic heterocycles. The Morgan fingerprint density at radius 1 is 0.971 bits per heavy atom. The second kappa shape index (κ2) is 8.92. The molecule has 2 aliphatic heterocycles. The highest BCUT2D eigenvalue weighted by atomic mass is 35.5. The van der Waals surface area contributed by atoms with Crippen LogP contribution in [-0.2, 0) is 9.53 Å². The van der Waals surface area contributed by atoms with Gasteiger partial charge in [-0.2, -0.15) is 0 Å². The molecule has 0 atom stereocenters. The molecule has 0 radical (unpaired) electrons. The molecule has 0 bridgehead atoms. The highest BCUT2D eigenvalue weighted by Crippen LogP contribution is 2.29. The number of aliphatic imine (C=N–C) groups is 1. The van der Waals surface area contributed by atoms with Gasteiger partial charge >= 0.3 is 5.97 Å². The maximum absolute atomic E-state index is 12.7. The van der Waals surface area contributed by atoms with Crippen molar-refractivity contribution in [3.63, 3.8) is 0 Å². The number of carbonyl (C=O) groups is 1. The van der Waals surface area contributed by atoms with Gasteiger partial charge in [0.15, 0.2) is 5.70 Å². The van der Waals surface area contributed by atoms with Crippen LogP contribution in [0.15, 0.2) is 77.7 Å². The normalized spacial score (nSPS) is 16.7. The Morgan fingerprint density at radius 3 is 2.49 bits per heavy atom. The number of nitrogens with zero attached hydrogens (tertiary/aromatic N) is 5. The molecular formula is C27H20ClN5O2. The second-order valence-corrected chi connectivity index (χ2v) is 8.86. The van der Waals surface area contributed by atoms with Gasteiger partial charge in [0.2, 0.25) is 11.8 Å². The number of anilines is 1. The van der Waals surface area contributed by atoms with Gasteiger partial charge < -0.3 is 9.64 Å². The van der Waals surface area contributed by atoms with Crippen molar-refractivity contribution in [2.45, 2.75) is 12.8 Å². The van der Waals surface area contributed by atoms with E-state index in [0.717, 1.165) is 48.1 Å². The predicted molar refractivity (Wildman–Crippen MR) is 136 cm³/mol. The minimum absolute atomic E-state index is 0.200. The lowest BCUT2D eigenvalue weighted by molar-refractivity contribution is -0.129. The lowest BCUT2D eigenvalue weighted by atomic mass is 10.0. The van der Waals surface area contributed by atoms with Crippen molar-refractivity contribution in [2.24, 2.45) is 4.99 Å². The standard InChI is InChI=1S/C27H20ClN5O2/c28-19-9-7-18(8-10-19)23-14-21(20-5-1-2-6-22(20)31-23)25-32-24(26(34)35-25)13-17-15-29-27(30-16-17)33-11-3-4-12-33/h1-2,5-10,13-16H,3-4,11-12H2/b24-13+. The van der Waals surface area contributed by atoms with E-state index in [4.69, 9.17) is 21.3 Å². The largest absolute Gasteiger partial charge is 0.402 e. The van der Waals surface area contributed by atoms with E-state index in [1.54, 1.807) is 18.5 Å². The summed E-state index contributed by atoms with van der Waals surface area (Å²) >= 11 is 6.05. The molecule has 1 fully saturated rings. The van der Waals surface area contributed by atoms with E-state index in [1.807, 2.05) is 54.6 Å². The maximum Gasteiger partial charge on any atom is 0.363 e. The average Bonchev–Trinajstić information content (AvgIpc) is 3.55. The molecule has 0 N–H and O–H groups in total. The van der Waals surface area contributed by atoms with Crippen molar-refractivity contribution in [1.29, 1.82) is 0 Å². The molecule has 2 aromatic carbocycles. The summed E-state index contributed by atoms with van der Waals surface area (Å²) in [7, 11) is 0. The van der Waals surface area contributed by atoms with Crippen LogP contribution in [0, 0.1) is 0 Å². The lowest BCUT2D eigenvalue weighted by Crippen LogP contribution is -2.20. The fourth-order valence-electron chi connectivity index (χ4n) is 4.29. The average molecular weight is 482 g/mol. The number of ether oxygens (including phenoxy) is 1. The van der Waals surface area contributed by atoms with E-state index >= 15 is 0 Å². The summed E-state index contributed by atoms with van der Waals surface area (Å²) < 4.78 is 5.60. The number of hydrogen-bond acceptors (Lipinski definition) is 7. The van der Waals surface area contributed by atoms with Crippen molar-refractivity contribution < 1.29 is 9.53 Å². The molecule has 4 heterocycles. The Hall–Kier alpha value is -4.10. The van der Waals surface area contributed by atoms with Gasteiger partial charge in [0.1, 0.15) is 0 Å². The zero-order valence-electron chi connectivity index (χ0n) is 18.7. The topological polar surface area (TPSA) is 80.6 Å². The number of carbonyl (C=O) groups excluding carboxylic acids is 1. The lowest BCUT2D eigenvalue weighted by Gasteiger charge is -2.14. The molecule has 8 heteroatoms. The highest BCUT2D eigenvalue weighted by molar-refractivity contribution is 6.30. The monoisotopic (exact) mass is 481 g/mol. The Kier molecular flexibility index (Phi) is 5.47. The summed E-state index contributed by atoms with van der Waals surface area (Å²) in [5.41, 5.74) is 3.99. The number of hydrogen-bond donors (Lipinski definition) is 0. The fraction of sp³-hybridized carbons (Fsp3) is 0.148. The number of para-hydroxylation sites is 1. The predicted octanol–water partition coefficient (Wildman–Crippen LogP) is 5.29. The minimum atomic E-state index is -0.516. The summed E-state index contributed by atoms with van der Waals surface area (Å²) in [6.07, 6.45) is 7.36. The molecule has 35 heavy (non-hydrogen) atoms. The molecule has 6 rings (SSSR count). The number of cyclic esters (lactones) is 1. The summed E-state index contributed by atoms with van der Waals surface area (Å²) in [5.74, 6) is 0.433. The van der Waals surface area contributed by atoms with Gasteiger partial charge in [-0.15, -0.1) is 0 Å². The Bertz CT molecular complexity index is 1490. The van der Waals surface area contributed by atoms with E-state index in [-0.39, 0.29) is 11.6 Å². The van der Waals surface area contributed by atoms with Crippen molar-refractivity contribution in [3.8, 4) is 11.3 Å².